The monoisotopic (exact) mass is 282 g/mol. The number of para-hydroxylation sites is 1. The predicted octanol–water partition coefficient (Wildman–Crippen LogP) is 0.885. The highest BCUT2D eigenvalue weighted by atomic mass is 19.3. The lowest BCUT2D eigenvalue weighted by Crippen LogP contribution is -2.40. The SMILES string of the molecule is O=C(NCC(F)(F)CO)c1c[nH]c2ccccc2c1=O. The molecular weight excluding hydrogens is 270 g/mol. The van der Waals surface area contributed by atoms with Crippen LogP contribution in [-0.4, -0.2) is 35.1 Å². The Kier molecular flexibility index (Phi) is 3.80. The summed E-state index contributed by atoms with van der Waals surface area (Å²) in [4.78, 5) is 26.5. The third-order valence-corrected chi connectivity index (χ3v) is 2.77. The van der Waals surface area contributed by atoms with E-state index in [0.29, 0.717) is 10.9 Å². The number of hydrogen-bond acceptors (Lipinski definition) is 3. The summed E-state index contributed by atoms with van der Waals surface area (Å²) >= 11 is 0. The van der Waals surface area contributed by atoms with Crippen LogP contribution in [0.5, 0.6) is 0 Å². The summed E-state index contributed by atoms with van der Waals surface area (Å²) in [5.74, 6) is -4.33. The maximum Gasteiger partial charge on any atom is 0.287 e. The van der Waals surface area contributed by atoms with Gasteiger partial charge in [-0.25, -0.2) is 8.78 Å². The number of rotatable bonds is 4. The van der Waals surface area contributed by atoms with Gasteiger partial charge in [-0.3, -0.25) is 9.59 Å². The molecule has 1 heterocycles. The number of benzene rings is 1. The van der Waals surface area contributed by atoms with Crippen molar-refractivity contribution in [3.8, 4) is 0 Å². The van der Waals surface area contributed by atoms with Gasteiger partial charge in [-0.15, -0.1) is 0 Å². The number of H-pyrrole nitrogens is 1. The van der Waals surface area contributed by atoms with Crippen molar-refractivity contribution in [1.29, 1.82) is 0 Å². The van der Waals surface area contributed by atoms with Gasteiger partial charge in [0, 0.05) is 17.1 Å². The molecular formula is C13H12F2N2O3. The Labute approximate surface area is 112 Å². The second-order valence-corrected chi connectivity index (χ2v) is 4.27. The molecule has 106 valence electrons. The number of amides is 1. The lowest BCUT2D eigenvalue weighted by molar-refractivity contribution is -0.0462. The molecule has 0 bridgehead atoms. The van der Waals surface area contributed by atoms with Gasteiger partial charge in [0.1, 0.15) is 12.2 Å². The van der Waals surface area contributed by atoms with Crippen LogP contribution in [0.2, 0.25) is 0 Å². The zero-order valence-electron chi connectivity index (χ0n) is 10.3. The number of aromatic nitrogens is 1. The third-order valence-electron chi connectivity index (χ3n) is 2.77. The van der Waals surface area contributed by atoms with E-state index in [2.05, 4.69) is 4.98 Å². The van der Waals surface area contributed by atoms with Crippen molar-refractivity contribution in [2.45, 2.75) is 5.92 Å². The summed E-state index contributed by atoms with van der Waals surface area (Å²) < 4.78 is 25.7. The lowest BCUT2D eigenvalue weighted by atomic mass is 10.1. The molecule has 2 rings (SSSR count). The van der Waals surface area contributed by atoms with Crippen LogP contribution in [0.1, 0.15) is 10.4 Å². The first-order chi connectivity index (χ1) is 9.44. The molecule has 1 aromatic carbocycles. The molecule has 0 saturated heterocycles. The molecule has 0 saturated carbocycles. The fourth-order valence-electron chi connectivity index (χ4n) is 1.70. The Morgan fingerprint density at radius 2 is 2.05 bits per heavy atom. The van der Waals surface area contributed by atoms with Crippen LogP contribution in [0.3, 0.4) is 0 Å². The Morgan fingerprint density at radius 3 is 2.75 bits per heavy atom. The van der Waals surface area contributed by atoms with E-state index < -0.39 is 30.4 Å². The number of fused-ring (bicyclic) bond motifs is 1. The number of pyridine rings is 1. The molecule has 0 spiro atoms. The van der Waals surface area contributed by atoms with E-state index in [1.807, 2.05) is 5.32 Å². The maximum absolute atomic E-state index is 12.8. The molecule has 20 heavy (non-hydrogen) atoms. The molecule has 3 N–H and O–H groups in total. The van der Waals surface area contributed by atoms with Gasteiger partial charge in [0.15, 0.2) is 0 Å². The highest BCUT2D eigenvalue weighted by Crippen LogP contribution is 2.10. The largest absolute Gasteiger partial charge is 0.390 e. The van der Waals surface area contributed by atoms with Crippen LogP contribution < -0.4 is 10.7 Å². The minimum absolute atomic E-state index is 0.252. The summed E-state index contributed by atoms with van der Waals surface area (Å²) in [6.45, 7) is -2.41. The maximum atomic E-state index is 12.8. The zero-order chi connectivity index (χ0) is 14.8. The van der Waals surface area contributed by atoms with Crippen molar-refractivity contribution in [2.75, 3.05) is 13.2 Å². The number of halogens is 2. The minimum Gasteiger partial charge on any atom is -0.390 e. The number of hydrogen-bond donors (Lipinski definition) is 3. The van der Waals surface area contributed by atoms with Crippen LogP contribution >= 0.6 is 0 Å². The van der Waals surface area contributed by atoms with E-state index in [0.717, 1.165) is 0 Å². The van der Waals surface area contributed by atoms with Gasteiger partial charge in [0.05, 0.1) is 6.54 Å². The van der Waals surface area contributed by atoms with E-state index in [-0.39, 0.29) is 5.56 Å². The first-order valence-electron chi connectivity index (χ1n) is 5.82. The minimum atomic E-state index is -3.42. The fraction of sp³-hybridized carbons (Fsp3) is 0.231. The van der Waals surface area contributed by atoms with Crippen LogP contribution in [0.4, 0.5) is 8.78 Å². The molecule has 0 aliphatic rings. The summed E-state index contributed by atoms with van der Waals surface area (Å²) in [6, 6.07) is 6.56. The van der Waals surface area contributed by atoms with Gasteiger partial charge in [-0.2, -0.15) is 0 Å². The molecule has 1 aromatic heterocycles. The molecule has 0 aliphatic carbocycles. The van der Waals surface area contributed by atoms with E-state index >= 15 is 0 Å². The second kappa shape index (κ2) is 5.38. The first-order valence-corrected chi connectivity index (χ1v) is 5.82. The molecule has 0 fully saturated rings. The summed E-state index contributed by atoms with van der Waals surface area (Å²) in [5, 5.41) is 10.6. The second-order valence-electron chi connectivity index (χ2n) is 4.27. The molecule has 1 amide bonds. The van der Waals surface area contributed by atoms with Gasteiger partial charge in [-0.1, -0.05) is 12.1 Å². The standard InChI is InChI=1S/C13H12F2N2O3/c14-13(15,7-18)6-17-12(20)9-5-16-10-4-2-1-3-8(10)11(9)19/h1-5,18H,6-7H2,(H,16,19)(H,17,20). The number of aromatic amines is 1. The van der Waals surface area contributed by atoms with E-state index in [9.17, 15) is 18.4 Å². The molecule has 5 nitrogen and oxygen atoms in total. The van der Waals surface area contributed by atoms with Crippen LogP contribution in [0.25, 0.3) is 10.9 Å². The third kappa shape index (κ3) is 2.83. The van der Waals surface area contributed by atoms with Crippen molar-refractivity contribution in [3.05, 3.63) is 46.2 Å². The molecule has 0 radical (unpaired) electrons. The van der Waals surface area contributed by atoms with Crippen LogP contribution in [-0.2, 0) is 0 Å². The number of carbonyl (C=O) groups excluding carboxylic acids is 1. The smallest absolute Gasteiger partial charge is 0.287 e. The Morgan fingerprint density at radius 1 is 1.35 bits per heavy atom. The topological polar surface area (TPSA) is 82.2 Å². The van der Waals surface area contributed by atoms with Gasteiger partial charge in [0.25, 0.3) is 11.8 Å². The molecule has 2 aromatic rings. The predicted molar refractivity (Wildman–Crippen MR) is 68.9 cm³/mol. The Hall–Kier alpha value is -2.28. The van der Waals surface area contributed by atoms with E-state index in [1.165, 1.54) is 12.3 Å². The highest BCUT2D eigenvalue weighted by molar-refractivity contribution is 5.97. The number of aliphatic hydroxyl groups excluding tert-OH is 1. The van der Waals surface area contributed by atoms with Gasteiger partial charge < -0.3 is 15.4 Å². The van der Waals surface area contributed by atoms with Crippen molar-refractivity contribution in [2.24, 2.45) is 0 Å². The zero-order valence-corrected chi connectivity index (χ0v) is 10.3. The normalized spacial score (nSPS) is 11.6. The number of aliphatic hydroxyl groups is 1. The first kappa shape index (κ1) is 14.1. The Balaban J connectivity index is 2.27. The average Bonchev–Trinajstić information content (AvgIpc) is 2.45. The van der Waals surface area contributed by atoms with Gasteiger partial charge in [0.2, 0.25) is 5.43 Å². The summed E-state index contributed by atoms with van der Waals surface area (Å²) in [5.41, 5.74) is -0.239. The van der Waals surface area contributed by atoms with Crippen molar-refractivity contribution < 1.29 is 18.7 Å². The summed E-state index contributed by atoms with van der Waals surface area (Å²) in [7, 11) is 0. The molecule has 0 unspecified atom stereocenters. The molecule has 0 aliphatic heterocycles. The van der Waals surface area contributed by atoms with Gasteiger partial charge >= 0.3 is 0 Å². The van der Waals surface area contributed by atoms with Crippen LogP contribution in [0, 0.1) is 0 Å². The fourth-order valence-corrected chi connectivity index (χ4v) is 1.70. The van der Waals surface area contributed by atoms with Crippen molar-refractivity contribution in [1.82, 2.24) is 10.3 Å². The number of carbonyl (C=O) groups is 1. The van der Waals surface area contributed by atoms with E-state index in [1.54, 1.807) is 18.2 Å². The number of alkyl halides is 2. The quantitative estimate of drug-likeness (QED) is 0.778. The number of nitrogens with one attached hydrogen (secondary N) is 2. The van der Waals surface area contributed by atoms with Crippen molar-refractivity contribution >= 4 is 16.8 Å². The Bertz CT molecular complexity index is 697. The van der Waals surface area contributed by atoms with Crippen LogP contribution in [0.15, 0.2) is 35.3 Å². The highest BCUT2D eigenvalue weighted by Gasteiger charge is 2.28. The lowest BCUT2D eigenvalue weighted by Gasteiger charge is -2.13. The van der Waals surface area contributed by atoms with Gasteiger partial charge in [-0.05, 0) is 12.1 Å². The summed E-state index contributed by atoms with van der Waals surface area (Å²) in [6.07, 6.45) is 1.18. The van der Waals surface area contributed by atoms with E-state index in [4.69, 9.17) is 5.11 Å². The van der Waals surface area contributed by atoms with Crippen molar-refractivity contribution in [3.63, 3.8) is 0 Å². The molecule has 7 heteroatoms. The average molecular weight is 282 g/mol. The molecule has 0 atom stereocenters.